The van der Waals surface area contributed by atoms with Gasteiger partial charge in [-0.3, -0.25) is 24.9 Å². The molecule has 0 aliphatic carbocycles. The largest absolute Gasteiger partial charge is 0.453 e. The summed E-state index contributed by atoms with van der Waals surface area (Å²) in [5, 5.41) is 14.8. The normalized spacial score (nSPS) is 24.1. The van der Waals surface area contributed by atoms with E-state index in [0.717, 1.165) is 70.3 Å². The van der Waals surface area contributed by atoms with Crippen LogP contribution in [0.25, 0.3) is 21.9 Å². The van der Waals surface area contributed by atoms with Gasteiger partial charge in [0.15, 0.2) is 0 Å². The lowest BCUT2D eigenvalue weighted by Crippen LogP contribution is -2.62. The van der Waals surface area contributed by atoms with Gasteiger partial charge in [0.2, 0.25) is 11.8 Å². The Hall–Kier alpha value is -5.54. The highest BCUT2D eigenvalue weighted by Gasteiger charge is 2.49. The van der Waals surface area contributed by atoms with Crippen LogP contribution < -0.4 is 21.3 Å². The smallest absolute Gasteiger partial charge is 0.407 e. The first-order valence-corrected chi connectivity index (χ1v) is 20.9. The molecule has 4 aliphatic rings. The van der Waals surface area contributed by atoms with Crippen LogP contribution in [0.15, 0.2) is 70.6 Å². The molecule has 15 heteroatoms. The molecule has 4 amide bonds. The van der Waals surface area contributed by atoms with Crippen LogP contribution in [-0.4, -0.2) is 129 Å². The van der Waals surface area contributed by atoms with Gasteiger partial charge in [0.05, 0.1) is 50.2 Å². The van der Waals surface area contributed by atoms with Gasteiger partial charge >= 0.3 is 12.2 Å². The summed E-state index contributed by atoms with van der Waals surface area (Å²) in [4.78, 5) is 65.3. The van der Waals surface area contributed by atoms with E-state index in [9.17, 15) is 19.2 Å². The van der Waals surface area contributed by atoms with Crippen molar-refractivity contribution in [3.63, 3.8) is 0 Å². The highest BCUT2D eigenvalue weighted by molar-refractivity contribution is 6.04. The number of amidine groups is 1. The summed E-state index contributed by atoms with van der Waals surface area (Å²) >= 11 is 0. The van der Waals surface area contributed by atoms with E-state index in [1.54, 1.807) is 6.92 Å². The molecule has 7 atom stereocenters. The van der Waals surface area contributed by atoms with E-state index >= 15 is 0 Å². The third kappa shape index (κ3) is 8.55. The van der Waals surface area contributed by atoms with Crippen molar-refractivity contribution in [2.24, 2.45) is 15.9 Å². The quantitative estimate of drug-likeness (QED) is 0.201. The Labute approximate surface area is 351 Å². The van der Waals surface area contributed by atoms with Crippen LogP contribution in [0, 0.1) is 5.92 Å². The van der Waals surface area contributed by atoms with Crippen LogP contribution in [0.4, 0.5) is 9.59 Å². The predicted octanol–water partition coefficient (Wildman–Crippen LogP) is 4.78. The van der Waals surface area contributed by atoms with Crippen LogP contribution in [0.3, 0.4) is 0 Å². The number of carbonyl (C=O) groups is 4. The lowest BCUT2D eigenvalue weighted by molar-refractivity contribution is -0.141. The van der Waals surface area contributed by atoms with Crippen molar-refractivity contribution in [2.75, 3.05) is 47.5 Å². The van der Waals surface area contributed by atoms with Gasteiger partial charge in [0, 0.05) is 26.7 Å². The number of hydrogen-bond acceptors (Lipinski definition) is 11. The zero-order chi connectivity index (χ0) is 42.7. The topological polar surface area (TPSA) is 175 Å². The highest BCUT2D eigenvalue weighted by atomic mass is 16.5. The minimum Gasteiger partial charge on any atom is -0.453 e. The molecule has 4 N–H and O–H groups in total. The van der Waals surface area contributed by atoms with Gasteiger partial charge in [-0.1, -0.05) is 62.4 Å². The number of alkyl carbamates (subject to hydrolysis) is 2. The molecule has 0 saturated carbocycles. The maximum absolute atomic E-state index is 13.9. The summed E-state index contributed by atoms with van der Waals surface area (Å²) in [5.41, 5.74) is 4.70. The van der Waals surface area contributed by atoms with E-state index in [1.807, 2.05) is 23.6 Å². The average Bonchev–Trinajstić information content (AvgIpc) is 4.11. The van der Waals surface area contributed by atoms with Gasteiger partial charge in [-0.2, -0.15) is 0 Å². The van der Waals surface area contributed by atoms with Crippen molar-refractivity contribution in [3.05, 3.63) is 71.8 Å². The molecule has 2 unspecified atom stereocenters. The van der Waals surface area contributed by atoms with E-state index in [0.29, 0.717) is 26.2 Å². The number of ether oxygens (including phenoxy) is 3. The Morgan fingerprint density at radius 2 is 1.48 bits per heavy atom. The molecule has 320 valence electrons. The first-order valence-electron chi connectivity index (χ1n) is 20.9. The molecule has 4 heterocycles. The fourth-order valence-electron chi connectivity index (χ4n) is 9.04. The molecule has 0 radical (unpaired) electrons. The molecule has 0 aromatic heterocycles. The number of carbonyl (C=O) groups excluding carboxylic acids is 4. The maximum atomic E-state index is 13.9. The number of rotatable bonds is 12. The minimum atomic E-state index is -0.891. The highest BCUT2D eigenvalue weighted by Crippen LogP contribution is 2.36. The van der Waals surface area contributed by atoms with Crippen LogP contribution in [0.2, 0.25) is 0 Å². The fourth-order valence-corrected chi connectivity index (χ4v) is 9.04. The number of likely N-dealkylation sites (tertiary alicyclic amines) is 2. The molecule has 3 aromatic carbocycles. The second-order valence-electron chi connectivity index (χ2n) is 16.7. The number of aliphatic imine (C=N–C) groups is 2. The van der Waals surface area contributed by atoms with Crippen LogP contribution >= 0.6 is 0 Å². The Bertz CT molecular complexity index is 2160. The number of nitrogens with zero attached hydrogens (tertiary/aromatic N) is 4. The molecule has 4 aliphatic heterocycles. The van der Waals surface area contributed by atoms with Gasteiger partial charge < -0.3 is 40.0 Å². The molecule has 2 saturated heterocycles. The summed E-state index contributed by atoms with van der Waals surface area (Å²) < 4.78 is 15.0. The number of hydrogen-bond donors (Lipinski definition) is 4. The second kappa shape index (κ2) is 18.0. The van der Waals surface area contributed by atoms with E-state index in [2.05, 4.69) is 88.9 Å². The third-order valence-electron chi connectivity index (χ3n) is 12.7. The number of methoxy groups -OCH3 is 3. The molecule has 3 aromatic rings. The van der Waals surface area contributed by atoms with E-state index in [-0.39, 0.29) is 36.0 Å². The molecule has 60 heavy (non-hydrogen) atoms. The Morgan fingerprint density at radius 1 is 0.817 bits per heavy atom. The van der Waals surface area contributed by atoms with E-state index < -0.39 is 35.9 Å². The summed E-state index contributed by atoms with van der Waals surface area (Å²) in [6.45, 7) is 9.97. The molecule has 2 fully saturated rings. The van der Waals surface area contributed by atoms with Crippen molar-refractivity contribution >= 4 is 46.3 Å². The third-order valence-corrected chi connectivity index (χ3v) is 12.7. The number of benzene rings is 3. The Morgan fingerprint density at radius 3 is 2.18 bits per heavy atom. The van der Waals surface area contributed by atoms with Crippen LogP contribution in [-0.2, 0) is 23.8 Å². The van der Waals surface area contributed by atoms with Gasteiger partial charge in [0.25, 0.3) is 0 Å². The molecule has 0 spiro atoms. The van der Waals surface area contributed by atoms with Crippen LogP contribution in [0.5, 0.6) is 0 Å². The number of nitrogens with one attached hydrogen (secondary N) is 4. The van der Waals surface area contributed by atoms with E-state index in [1.165, 1.54) is 21.3 Å². The van der Waals surface area contributed by atoms with E-state index in [4.69, 9.17) is 24.2 Å². The monoisotopic (exact) mass is 822 g/mol. The summed E-state index contributed by atoms with van der Waals surface area (Å²) in [5.74, 6) is 0.391. The minimum absolute atomic E-state index is 0.00415. The lowest BCUT2D eigenvalue weighted by Gasteiger charge is -2.41. The van der Waals surface area contributed by atoms with Gasteiger partial charge in [0.1, 0.15) is 24.1 Å². The summed E-state index contributed by atoms with van der Waals surface area (Å²) in [6, 6.07) is 19.7. The van der Waals surface area contributed by atoms with Crippen molar-refractivity contribution in [2.45, 2.75) is 95.4 Å². The second-order valence-corrected chi connectivity index (χ2v) is 16.7. The Balaban J connectivity index is 0.997. The summed E-state index contributed by atoms with van der Waals surface area (Å²) in [6.07, 6.45) is 1.13. The molecular formula is C45H58N8O7. The molecular weight excluding hydrogens is 765 g/mol. The van der Waals surface area contributed by atoms with Crippen molar-refractivity contribution < 1.29 is 33.4 Å². The molecule has 7 rings (SSSR count). The maximum Gasteiger partial charge on any atom is 0.407 e. The number of amides is 4. The number of fused-ring (bicyclic) bond motifs is 1. The average molecular weight is 823 g/mol. The zero-order valence-corrected chi connectivity index (χ0v) is 35.6. The van der Waals surface area contributed by atoms with Crippen LogP contribution in [0.1, 0.15) is 70.5 Å². The lowest BCUT2D eigenvalue weighted by atomic mass is 9.94. The predicted molar refractivity (Wildman–Crippen MR) is 230 cm³/mol. The molecule has 0 bridgehead atoms. The van der Waals surface area contributed by atoms with Gasteiger partial charge in [-0.25, -0.2) is 9.59 Å². The SMILES string of the molecule is COC(=O)N[C@H](C(=O)N1CCC[C@H]1C1=NCC(c2ccc3cc(-c4ccc(C5=NC([C@]6(C)CCCN6C(=O)[C@@H](NC(=O)OC)[C@H](C)OC)NC5)cc4)ccc3c2)N1)C(C)C. The Kier molecular flexibility index (Phi) is 12.8. The van der Waals surface area contributed by atoms with Crippen molar-refractivity contribution in [3.8, 4) is 11.1 Å². The first-order chi connectivity index (χ1) is 28.8. The first kappa shape index (κ1) is 42.6. The summed E-state index contributed by atoms with van der Waals surface area (Å²) in [7, 11) is 4.08. The standard InChI is InChI=1S/C45H58N8O7/c1-26(2)37(50-43(56)59-6)40(54)52-20-8-10-36(52)39-46-24-35(48-39)33-18-17-31-22-30(15-16-32(31)23-33)28-11-13-29(14-12-28)34-25-47-42(49-34)45(4)19-9-21-53(45)41(55)38(27(3)58-5)51-44(57)60-7/h11-18,22-23,26-27,35-38,42,47H,8-10,19-21,24-25H2,1-7H3,(H,46,48)(H,50,56)(H,51,57)/t27-,35?,36-,37-,38-,42?,45-/m0/s1. The van der Waals surface area contributed by atoms with Gasteiger partial charge in [-0.15, -0.1) is 0 Å². The van der Waals surface area contributed by atoms with Crippen molar-refractivity contribution in [1.29, 1.82) is 0 Å². The van der Waals surface area contributed by atoms with Crippen molar-refractivity contribution in [1.82, 2.24) is 31.1 Å². The zero-order valence-electron chi connectivity index (χ0n) is 35.6. The van der Waals surface area contributed by atoms with Gasteiger partial charge in [-0.05, 0) is 90.6 Å². The molecule has 15 nitrogen and oxygen atoms in total. The fraction of sp³-hybridized carbons (Fsp3) is 0.511.